The zero-order valence-corrected chi connectivity index (χ0v) is 24.7. The van der Waals surface area contributed by atoms with E-state index in [4.69, 9.17) is 26.2 Å². The van der Waals surface area contributed by atoms with E-state index in [1.54, 1.807) is 21.7 Å². The molecule has 5 heterocycles. The maximum Gasteiger partial charge on any atom is 0.410 e. The van der Waals surface area contributed by atoms with Gasteiger partial charge < -0.3 is 24.1 Å². The van der Waals surface area contributed by atoms with Gasteiger partial charge >= 0.3 is 6.09 Å². The van der Waals surface area contributed by atoms with Gasteiger partial charge in [0, 0.05) is 38.2 Å². The summed E-state index contributed by atoms with van der Waals surface area (Å²) < 4.78 is 30.1. The van der Waals surface area contributed by atoms with E-state index in [-0.39, 0.29) is 23.9 Å². The van der Waals surface area contributed by atoms with Gasteiger partial charge in [0.15, 0.2) is 23.5 Å². The molecule has 11 heteroatoms. The lowest BCUT2D eigenvalue weighted by molar-refractivity contribution is -0.0365. The van der Waals surface area contributed by atoms with Gasteiger partial charge in [-0.1, -0.05) is 11.6 Å². The van der Waals surface area contributed by atoms with Crippen molar-refractivity contribution in [1.82, 2.24) is 24.1 Å². The molecule has 1 atom stereocenters. The number of halogens is 2. The van der Waals surface area contributed by atoms with Gasteiger partial charge in [-0.2, -0.15) is 5.10 Å². The molecule has 218 valence electrons. The fourth-order valence-corrected chi connectivity index (χ4v) is 6.12. The first-order chi connectivity index (χ1) is 19.6. The Morgan fingerprint density at radius 2 is 1.93 bits per heavy atom. The second-order valence-electron chi connectivity index (χ2n) is 12.1. The average Bonchev–Trinajstić information content (AvgIpc) is 3.48. The molecule has 2 fully saturated rings. The van der Waals surface area contributed by atoms with Crippen LogP contribution in [0.25, 0.3) is 16.6 Å². The molecule has 0 spiro atoms. The smallest absolute Gasteiger partial charge is 0.410 e. The van der Waals surface area contributed by atoms with E-state index in [2.05, 4.69) is 16.4 Å². The molecule has 1 unspecified atom stereocenters. The maximum absolute atomic E-state index is 14.8. The average molecular weight is 583 g/mol. The number of amides is 1. The third-order valence-electron chi connectivity index (χ3n) is 7.72. The summed E-state index contributed by atoms with van der Waals surface area (Å²) in [5.74, 6) is 0.359. The number of nitrogens with one attached hydrogen (secondary N) is 1. The zero-order chi connectivity index (χ0) is 28.9. The molecule has 1 aromatic carbocycles. The molecule has 2 saturated heterocycles. The van der Waals surface area contributed by atoms with E-state index in [9.17, 15) is 9.18 Å². The quantitative estimate of drug-likeness (QED) is 0.271. The number of nitrogens with zero attached hydrogens (tertiary/aromatic N) is 5. The van der Waals surface area contributed by atoms with Crippen molar-refractivity contribution >= 4 is 45.7 Å². The normalized spacial score (nSPS) is 18.8. The number of anilines is 2. The lowest BCUT2D eigenvalue weighted by Gasteiger charge is -2.33. The molecular formula is C30H36ClFN6O3. The molecule has 4 aromatic rings. The molecule has 0 saturated carbocycles. The number of aryl methyl sites for hydroxylation is 1. The Balaban J connectivity index is 1.32. The molecule has 6 rings (SSSR count). The van der Waals surface area contributed by atoms with E-state index >= 15 is 0 Å². The van der Waals surface area contributed by atoms with Gasteiger partial charge in [-0.15, -0.1) is 0 Å². The molecule has 41 heavy (non-hydrogen) atoms. The molecule has 2 aliphatic heterocycles. The van der Waals surface area contributed by atoms with Gasteiger partial charge in [0.05, 0.1) is 27.3 Å². The molecule has 1 N–H and O–H groups in total. The van der Waals surface area contributed by atoms with Crippen LogP contribution in [0, 0.1) is 12.7 Å². The lowest BCUT2D eigenvalue weighted by Crippen LogP contribution is -2.41. The van der Waals surface area contributed by atoms with Crippen molar-refractivity contribution in [2.24, 2.45) is 0 Å². The number of likely N-dealkylation sites (tertiary alicyclic amines) is 1. The van der Waals surface area contributed by atoms with Crippen molar-refractivity contribution in [3.05, 3.63) is 52.7 Å². The number of benzene rings is 1. The fraction of sp³-hybridized carbons (Fsp3) is 0.500. The van der Waals surface area contributed by atoms with E-state index in [0.717, 1.165) is 54.3 Å². The Morgan fingerprint density at radius 1 is 1.15 bits per heavy atom. The Hall–Kier alpha value is -3.37. The molecule has 2 aliphatic rings. The van der Waals surface area contributed by atoms with Crippen molar-refractivity contribution < 1.29 is 18.7 Å². The summed E-state index contributed by atoms with van der Waals surface area (Å²) in [6.45, 7) is 9.38. The summed E-state index contributed by atoms with van der Waals surface area (Å²) in [5, 5.41) is 9.55. The van der Waals surface area contributed by atoms with Crippen molar-refractivity contribution in [1.29, 1.82) is 0 Å². The number of carbonyl (C=O) groups excluding carboxylic acids is 1. The number of carbonyl (C=O) groups is 1. The number of piperidine rings is 1. The first-order valence-electron chi connectivity index (χ1n) is 14.3. The van der Waals surface area contributed by atoms with Crippen LogP contribution in [-0.4, -0.2) is 55.5 Å². The molecule has 3 aromatic heterocycles. The minimum Gasteiger partial charge on any atom is -0.444 e. The van der Waals surface area contributed by atoms with Crippen molar-refractivity contribution in [3.63, 3.8) is 0 Å². The highest BCUT2D eigenvalue weighted by Crippen LogP contribution is 2.40. The van der Waals surface area contributed by atoms with Crippen LogP contribution in [0.15, 0.2) is 30.6 Å². The number of ether oxygens (including phenoxy) is 2. The van der Waals surface area contributed by atoms with Crippen LogP contribution in [0.3, 0.4) is 0 Å². The Morgan fingerprint density at radius 3 is 2.63 bits per heavy atom. The summed E-state index contributed by atoms with van der Waals surface area (Å²) in [4.78, 5) is 18.6. The maximum atomic E-state index is 14.8. The number of imidazole rings is 1. The Labute approximate surface area is 243 Å². The van der Waals surface area contributed by atoms with E-state index < -0.39 is 11.4 Å². The second-order valence-corrected chi connectivity index (χ2v) is 12.5. The highest BCUT2D eigenvalue weighted by Gasteiger charge is 2.29. The highest BCUT2D eigenvalue weighted by molar-refractivity contribution is 6.36. The standard InChI is InChI=1S/C30H36ClFN6O3/c1-18-16-37-17-21(15-23(32)28(37)33-18)34-27-26-22(31)13-20(14-24(26)38(35-27)25-7-5-6-12-40-25)19-8-10-36(11-9-19)29(39)41-30(2,3)4/h13-17,19,25H,5-12H2,1-4H3,(H,34,35). The molecule has 0 radical (unpaired) electrons. The predicted octanol–water partition coefficient (Wildman–Crippen LogP) is 7.34. The lowest BCUT2D eigenvalue weighted by atomic mass is 9.89. The van der Waals surface area contributed by atoms with Crippen LogP contribution < -0.4 is 5.32 Å². The predicted molar refractivity (Wildman–Crippen MR) is 157 cm³/mol. The van der Waals surface area contributed by atoms with Crippen molar-refractivity contribution in [2.45, 2.75) is 77.5 Å². The van der Waals surface area contributed by atoms with Crippen LogP contribution in [0.5, 0.6) is 0 Å². The first-order valence-corrected chi connectivity index (χ1v) is 14.7. The Kier molecular flexibility index (Phi) is 7.32. The van der Waals surface area contributed by atoms with Gasteiger partial charge in [0.1, 0.15) is 5.60 Å². The monoisotopic (exact) mass is 582 g/mol. The van der Waals surface area contributed by atoms with E-state index in [1.165, 1.54) is 6.07 Å². The molecular weight excluding hydrogens is 547 g/mol. The van der Waals surface area contributed by atoms with Crippen molar-refractivity contribution in [2.75, 3.05) is 25.0 Å². The van der Waals surface area contributed by atoms with Gasteiger partial charge in [-0.25, -0.2) is 18.9 Å². The van der Waals surface area contributed by atoms with Crippen LogP contribution in [0.4, 0.5) is 20.7 Å². The molecule has 1 amide bonds. The van der Waals surface area contributed by atoms with Gasteiger partial charge in [-0.3, -0.25) is 0 Å². The molecule has 0 aliphatic carbocycles. The first kappa shape index (κ1) is 27.8. The minimum absolute atomic E-state index is 0.211. The summed E-state index contributed by atoms with van der Waals surface area (Å²) in [5.41, 5.74) is 3.01. The van der Waals surface area contributed by atoms with Gasteiger partial charge in [-0.05, 0) is 83.4 Å². The largest absolute Gasteiger partial charge is 0.444 e. The molecule has 0 bridgehead atoms. The van der Waals surface area contributed by atoms with Crippen LogP contribution in [0.2, 0.25) is 5.02 Å². The SMILES string of the molecule is Cc1cn2cc(Nc3nn(C4CCCCO4)c4cc(C5CCN(C(=O)OC(C)(C)C)CC5)cc(Cl)c34)cc(F)c2n1. The molecule has 9 nitrogen and oxygen atoms in total. The second kappa shape index (κ2) is 10.8. The van der Waals surface area contributed by atoms with E-state index in [0.29, 0.717) is 36.2 Å². The third-order valence-corrected chi connectivity index (χ3v) is 8.02. The summed E-state index contributed by atoms with van der Waals surface area (Å²) in [6, 6.07) is 5.57. The number of hydrogen-bond acceptors (Lipinski definition) is 6. The summed E-state index contributed by atoms with van der Waals surface area (Å²) >= 11 is 6.98. The van der Waals surface area contributed by atoms with Crippen LogP contribution in [0.1, 0.15) is 76.3 Å². The fourth-order valence-electron chi connectivity index (χ4n) is 5.80. The number of aromatic nitrogens is 4. The van der Waals surface area contributed by atoms with Crippen molar-refractivity contribution in [3.8, 4) is 0 Å². The Bertz CT molecular complexity index is 1600. The zero-order valence-electron chi connectivity index (χ0n) is 23.9. The number of fused-ring (bicyclic) bond motifs is 2. The number of rotatable bonds is 4. The number of pyridine rings is 1. The van der Waals surface area contributed by atoms with Gasteiger partial charge in [0.2, 0.25) is 0 Å². The van der Waals surface area contributed by atoms with E-state index in [1.807, 2.05) is 38.4 Å². The summed E-state index contributed by atoms with van der Waals surface area (Å²) in [7, 11) is 0. The third kappa shape index (κ3) is 5.72. The highest BCUT2D eigenvalue weighted by atomic mass is 35.5. The van der Waals surface area contributed by atoms with Crippen LogP contribution in [-0.2, 0) is 9.47 Å². The summed E-state index contributed by atoms with van der Waals surface area (Å²) in [6.07, 6.45) is 7.63. The van der Waals surface area contributed by atoms with Crippen LogP contribution >= 0.6 is 11.6 Å². The minimum atomic E-state index is -0.521. The van der Waals surface area contributed by atoms with Gasteiger partial charge in [0.25, 0.3) is 0 Å². The topological polar surface area (TPSA) is 85.9 Å². The number of hydrogen-bond donors (Lipinski definition) is 1.